The Hall–Kier alpha value is -2.49. The summed E-state index contributed by atoms with van der Waals surface area (Å²) in [5.74, 6) is -0.803. The van der Waals surface area contributed by atoms with Gasteiger partial charge in [-0.1, -0.05) is 36.4 Å². The Morgan fingerprint density at radius 3 is 1.83 bits per heavy atom. The molecule has 3 nitrogen and oxygen atoms in total. The zero-order valence-electron chi connectivity index (χ0n) is 9.45. The summed E-state index contributed by atoms with van der Waals surface area (Å²) in [6, 6.07) is 16.3. The van der Waals surface area contributed by atoms with E-state index < -0.39 is 5.97 Å². The largest absolute Gasteiger partial charge is 0.392 e. The molecular formula is C14H11FO3. The summed E-state index contributed by atoms with van der Waals surface area (Å²) in [5, 5.41) is 0. The first-order chi connectivity index (χ1) is 8.74. The molecule has 0 aliphatic heterocycles. The van der Waals surface area contributed by atoms with E-state index in [0.717, 1.165) is 0 Å². The molecule has 18 heavy (non-hydrogen) atoms. The molecule has 0 radical (unpaired) electrons. The summed E-state index contributed by atoms with van der Waals surface area (Å²) < 4.78 is 16.0. The van der Waals surface area contributed by atoms with Crippen molar-refractivity contribution < 1.29 is 18.7 Å². The highest BCUT2D eigenvalue weighted by Crippen LogP contribution is 1.99. The Balaban J connectivity index is 0.000000199. The van der Waals surface area contributed by atoms with Crippen molar-refractivity contribution in [2.75, 3.05) is 0 Å². The van der Waals surface area contributed by atoms with Gasteiger partial charge in [-0.2, -0.15) is 0 Å². The fourth-order valence-corrected chi connectivity index (χ4v) is 1.10. The molecule has 0 saturated carbocycles. The van der Waals surface area contributed by atoms with Gasteiger partial charge in [0.15, 0.2) is 0 Å². The second-order valence-electron chi connectivity index (χ2n) is 3.16. The van der Waals surface area contributed by atoms with Gasteiger partial charge >= 0.3 is 12.4 Å². The second kappa shape index (κ2) is 7.73. The molecule has 0 amide bonds. The van der Waals surface area contributed by atoms with Crippen LogP contribution in [0.4, 0.5) is 4.39 Å². The molecule has 0 bridgehead atoms. The van der Waals surface area contributed by atoms with Crippen LogP contribution in [0, 0.1) is 5.82 Å². The fourth-order valence-electron chi connectivity index (χ4n) is 1.10. The fraction of sp³-hybridized carbons (Fsp3) is 0. The van der Waals surface area contributed by atoms with Crippen molar-refractivity contribution in [2.24, 2.45) is 0 Å². The lowest BCUT2D eigenvalue weighted by molar-refractivity contribution is -0.123. The maximum Gasteiger partial charge on any atom is 0.345 e. The first-order valence-electron chi connectivity index (χ1n) is 5.14. The number of rotatable bonds is 2. The van der Waals surface area contributed by atoms with Crippen molar-refractivity contribution in [3.8, 4) is 0 Å². The van der Waals surface area contributed by atoms with Crippen LogP contribution in [0.3, 0.4) is 0 Å². The number of halogens is 1. The molecule has 0 aliphatic carbocycles. The highest BCUT2D eigenvalue weighted by Gasteiger charge is 2.03. The lowest BCUT2D eigenvalue weighted by Gasteiger charge is -1.94. The topological polar surface area (TPSA) is 43.4 Å². The van der Waals surface area contributed by atoms with E-state index >= 15 is 0 Å². The van der Waals surface area contributed by atoms with Crippen LogP contribution in [0.5, 0.6) is 0 Å². The average molecular weight is 246 g/mol. The number of hydrogen-bond acceptors (Lipinski definition) is 3. The van der Waals surface area contributed by atoms with Crippen LogP contribution in [0.25, 0.3) is 0 Å². The third-order valence-electron chi connectivity index (χ3n) is 1.90. The molecule has 0 unspecified atom stereocenters. The molecule has 0 aromatic heterocycles. The standard InChI is InChI=1S/C8H6O3.C6H5F/c9-6-11-8(10)7-4-2-1-3-5-7;7-6-4-2-1-3-5-6/h1-6H;1-5H. The molecule has 0 fully saturated rings. The van der Waals surface area contributed by atoms with Gasteiger partial charge < -0.3 is 4.74 Å². The minimum absolute atomic E-state index is 0.120. The van der Waals surface area contributed by atoms with Gasteiger partial charge in [-0.05, 0) is 24.3 Å². The van der Waals surface area contributed by atoms with Gasteiger partial charge in [-0.15, -0.1) is 0 Å². The first kappa shape index (κ1) is 13.6. The van der Waals surface area contributed by atoms with E-state index in [1.165, 1.54) is 12.1 Å². The molecule has 0 spiro atoms. The number of hydrogen-bond donors (Lipinski definition) is 0. The monoisotopic (exact) mass is 246 g/mol. The van der Waals surface area contributed by atoms with Gasteiger partial charge in [0, 0.05) is 0 Å². The number of ether oxygens (including phenoxy) is 1. The third kappa shape index (κ3) is 5.03. The maximum atomic E-state index is 11.9. The highest BCUT2D eigenvalue weighted by molar-refractivity contribution is 5.92. The van der Waals surface area contributed by atoms with Gasteiger partial charge in [0.1, 0.15) is 5.82 Å². The SMILES string of the molecule is Fc1ccccc1.O=COC(=O)c1ccccc1. The van der Waals surface area contributed by atoms with Gasteiger partial charge in [-0.3, -0.25) is 4.79 Å². The molecule has 0 saturated heterocycles. The maximum absolute atomic E-state index is 11.9. The Morgan fingerprint density at radius 2 is 1.44 bits per heavy atom. The van der Waals surface area contributed by atoms with Gasteiger partial charge in [0.05, 0.1) is 5.56 Å². The number of carbonyl (C=O) groups excluding carboxylic acids is 2. The van der Waals surface area contributed by atoms with Crippen LogP contribution in [0.2, 0.25) is 0 Å². The molecule has 92 valence electrons. The molecule has 0 atom stereocenters. The molecule has 2 aromatic carbocycles. The molecule has 2 rings (SSSR count). The molecular weight excluding hydrogens is 235 g/mol. The number of benzene rings is 2. The summed E-state index contributed by atoms with van der Waals surface area (Å²) in [4.78, 5) is 20.5. The predicted molar refractivity (Wildman–Crippen MR) is 64.3 cm³/mol. The summed E-state index contributed by atoms with van der Waals surface area (Å²) in [7, 11) is 0. The van der Waals surface area contributed by atoms with E-state index in [1.54, 1.807) is 48.5 Å². The van der Waals surface area contributed by atoms with E-state index in [2.05, 4.69) is 4.74 Å². The first-order valence-corrected chi connectivity index (χ1v) is 5.14. The molecule has 0 N–H and O–H groups in total. The predicted octanol–water partition coefficient (Wildman–Crippen LogP) is 2.83. The summed E-state index contributed by atoms with van der Waals surface area (Å²) in [5.41, 5.74) is 0.375. The van der Waals surface area contributed by atoms with Crippen molar-refractivity contribution in [3.63, 3.8) is 0 Å². The van der Waals surface area contributed by atoms with Gasteiger partial charge in [0.2, 0.25) is 0 Å². The van der Waals surface area contributed by atoms with Crippen LogP contribution in [-0.4, -0.2) is 12.4 Å². The van der Waals surface area contributed by atoms with E-state index in [4.69, 9.17) is 0 Å². The number of esters is 1. The molecule has 2 aromatic rings. The lowest BCUT2D eigenvalue weighted by Crippen LogP contribution is -2.02. The summed E-state index contributed by atoms with van der Waals surface area (Å²) >= 11 is 0. The van der Waals surface area contributed by atoms with E-state index in [1.807, 2.05) is 0 Å². The zero-order chi connectivity index (χ0) is 13.2. The summed E-state index contributed by atoms with van der Waals surface area (Å²) in [6.07, 6.45) is 0. The van der Waals surface area contributed by atoms with Gasteiger partial charge in [0.25, 0.3) is 0 Å². The molecule has 4 heteroatoms. The quantitative estimate of drug-likeness (QED) is 0.465. The smallest absolute Gasteiger partial charge is 0.345 e. The third-order valence-corrected chi connectivity index (χ3v) is 1.90. The van der Waals surface area contributed by atoms with Crippen LogP contribution < -0.4 is 0 Å². The second-order valence-corrected chi connectivity index (χ2v) is 3.16. The summed E-state index contributed by atoms with van der Waals surface area (Å²) in [6.45, 7) is 0.120. The van der Waals surface area contributed by atoms with Gasteiger partial charge in [-0.25, -0.2) is 9.18 Å². The molecule has 0 aliphatic rings. The van der Waals surface area contributed by atoms with Crippen molar-refractivity contribution in [2.45, 2.75) is 0 Å². The minimum atomic E-state index is -0.624. The Morgan fingerprint density at radius 1 is 0.944 bits per heavy atom. The van der Waals surface area contributed by atoms with Crippen LogP contribution in [0.1, 0.15) is 10.4 Å². The van der Waals surface area contributed by atoms with Crippen LogP contribution in [0.15, 0.2) is 60.7 Å². The molecule has 0 heterocycles. The van der Waals surface area contributed by atoms with Crippen LogP contribution in [-0.2, 0) is 9.53 Å². The highest BCUT2D eigenvalue weighted by atomic mass is 19.1. The minimum Gasteiger partial charge on any atom is -0.392 e. The number of carbonyl (C=O) groups is 2. The average Bonchev–Trinajstić information content (AvgIpc) is 2.42. The zero-order valence-corrected chi connectivity index (χ0v) is 9.45. The van der Waals surface area contributed by atoms with Crippen molar-refractivity contribution in [1.29, 1.82) is 0 Å². The van der Waals surface area contributed by atoms with Crippen molar-refractivity contribution in [1.82, 2.24) is 0 Å². The lowest BCUT2D eigenvalue weighted by atomic mass is 10.2. The van der Waals surface area contributed by atoms with E-state index in [0.29, 0.717) is 5.56 Å². The van der Waals surface area contributed by atoms with E-state index in [-0.39, 0.29) is 12.3 Å². The van der Waals surface area contributed by atoms with Crippen molar-refractivity contribution >= 4 is 12.4 Å². The normalized spacial score (nSPS) is 8.72. The Kier molecular flexibility index (Phi) is 5.83. The van der Waals surface area contributed by atoms with Crippen molar-refractivity contribution in [3.05, 3.63) is 72.0 Å². The Bertz CT molecular complexity index is 483. The van der Waals surface area contributed by atoms with E-state index in [9.17, 15) is 14.0 Å². The van der Waals surface area contributed by atoms with Crippen LogP contribution >= 0.6 is 0 Å². The Labute approximate surface area is 104 Å².